The van der Waals surface area contributed by atoms with Crippen molar-refractivity contribution < 1.29 is 14.3 Å². The Kier molecular flexibility index (Phi) is 8.70. The Morgan fingerprint density at radius 3 is 2.78 bits per heavy atom. The number of benzene rings is 1. The van der Waals surface area contributed by atoms with Crippen LogP contribution < -0.4 is 0 Å². The Morgan fingerprint density at radius 2 is 2.03 bits per heavy atom. The highest BCUT2D eigenvalue weighted by Crippen LogP contribution is 2.37. The number of rotatable bonds is 8. The topological polar surface area (TPSA) is 69.5 Å². The number of aromatic nitrogens is 3. The van der Waals surface area contributed by atoms with Crippen LogP contribution in [-0.2, 0) is 16.0 Å². The average molecular weight is 576 g/mol. The van der Waals surface area contributed by atoms with Gasteiger partial charge in [-0.2, -0.15) is 0 Å². The van der Waals surface area contributed by atoms with E-state index in [-0.39, 0.29) is 18.4 Å². The van der Waals surface area contributed by atoms with Crippen LogP contribution in [-0.4, -0.2) is 43.8 Å². The SMILES string of the molecule is CC(C)(C)OC(=O)N(C/C=C/CCC1CCC(n2cc(Br)c3c(Cl)ncnc32)O1)Cc1ccccc1. The normalized spacial score (nSPS) is 18.2. The molecule has 1 aliphatic heterocycles. The fourth-order valence-corrected chi connectivity index (χ4v) is 5.19. The van der Waals surface area contributed by atoms with Gasteiger partial charge in [0, 0.05) is 23.8 Å². The van der Waals surface area contributed by atoms with Crippen LogP contribution in [0.25, 0.3) is 11.0 Å². The third-order valence-electron chi connectivity index (χ3n) is 5.93. The number of fused-ring (bicyclic) bond motifs is 1. The van der Waals surface area contributed by atoms with Crippen molar-refractivity contribution in [2.75, 3.05) is 6.54 Å². The number of hydrogen-bond donors (Lipinski definition) is 0. The van der Waals surface area contributed by atoms with Crippen molar-refractivity contribution in [1.82, 2.24) is 19.4 Å². The predicted octanol–water partition coefficient (Wildman–Crippen LogP) is 7.30. The summed E-state index contributed by atoms with van der Waals surface area (Å²) in [6.07, 6.45) is 11.0. The predicted molar refractivity (Wildman–Crippen MR) is 145 cm³/mol. The van der Waals surface area contributed by atoms with E-state index in [0.717, 1.165) is 46.8 Å². The maximum Gasteiger partial charge on any atom is 0.410 e. The molecule has 1 saturated heterocycles. The zero-order chi connectivity index (χ0) is 25.7. The van der Waals surface area contributed by atoms with E-state index < -0.39 is 5.60 Å². The van der Waals surface area contributed by atoms with Crippen LogP contribution in [0.2, 0.25) is 5.15 Å². The Labute approximate surface area is 225 Å². The molecule has 192 valence electrons. The second-order valence-corrected chi connectivity index (χ2v) is 11.1. The van der Waals surface area contributed by atoms with E-state index in [2.05, 4.69) is 32.0 Å². The standard InChI is InChI=1S/C27H32BrClN4O3/c1-27(2,3)36-26(34)32(16-19-10-6-4-7-11-19)15-9-5-8-12-20-13-14-22(35-20)33-17-21(28)23-24(29)30-18-31-25(23)33/h4-7,9-11,17-18,20,22H,8,12-16H2,1-3H3/b9-5+. The van der Waals surface area contributed by atoms with Crippen molar-refractivity contribution in [2.24, 2.45) is 0 Å². The molecule has 9 heteroatoms. The molecule has 0 N–H and O–H groups in total. The van der Waals surface area contributed by atoms with E-state index in [0.29, 0.717) is 18.2 Å². The molecule has 0 spiro atoms. The Morgan fingerprint density at radius 1 is 1.25 bits per heavy atom. The number of amides is 1. The fourth-order valence-electron chi connectivity index (χ4n) is 4.26. The van der Waals surface area contributed by atoms with E-state index in [1.54, 1.807) is 4.90 Å². The monoisotopic (exact) mass is 574 g/mol. The zero-order valence-electron chi connectivity index (χ0n) is 20.9. The molecule has 1 fully saturated rings. The van der Waals surface area contributed by atoms with Gasteiger partial charge in [-0.15, -0.1) is 0 Å². The van der Waals surface area contributed by atoms with E-state index in [4.69, 9.17) is 21.1 Å². The minimum Gasteiger partial charge on any atom is -0.444 e. The number of ether oxygens (including phenoxy) is 2. The number of halogens is 2. The highest BCUT2D eigenvalue weighted by molar-refractivity contribution is 9.10. The maximum absolute atomic E-state index is 12.7. The molecule has 7 nitrogen and oxygen atoms in total. The number of carbonyl (C=O) groups is 1. The van der Waals surface area contributed by atoms with Crippen molar-refractivity contribution in [3.05, 3.63) is 70.2 Å². The molecule has 0 saturated carbocycles. The van der Waals surface area contributed by atoms with Gasteiger partial charge in [-0.25, -0.2) is 14.8 Å². The minimum atomic E-state index is -0.538. The van der Waals surface area contributed by atoms with Crippen LogP contribution in [0.1, 0.15) is 58.2 Å². The summed E-state index contributed by atoms with van der Waals surface area (Å²) < 4.78 is 14.8. The van der Waals surface area contributed by atoms with E-state index >= 15 is 0 Å². The molecule has 2 atom stereocenters. The number of carbonyl (C=O) groups excluding carboxylic acids is 1. The number of nitrogens with zero attached hydrogens (tertiary/aromatic N) is 4. The van der Waals surface area contributed by atoms with Crippen LogP contribution in [0, 0.1) is 0 Å². The summed E-state index contributed by atoms with van der Waals surface area (Å²) in [5, 5.41) is 1.23. The highest BCUT2D eigenvalue weighted by Gasteiger charge is 2.28. The first-order valence-electron chi connectivity index (χ1n) is 12.2. The summed E-state index contributed by atoms with van der Waals surface area (Å²) in [6.45, 7) is 6.64. The van der Waals surface area contributed by atoms with Crippen LogP contribution in [0.4, 0.5) is 4.79 Å². The lowest BCUT2D eigenvalue weighted by Crippen LogP contribution is -2.36. The van der Waals surface area contributed by atoms with Gasteiger partial charge in [0.15, 0.2) is 0 Å². The summed E-state index contributed by atoms with van der Waals surface area (Å²) in [4.78, 5) is 23.0. The molecule has 2 unspecified atom stereocenters. The summed E-state index contributed by atoms with van der Waals surface area (Å²) in [5.41, 5.74) is 1.30. The largest absolute Gasteiger partial charge is 0.444 e. The first-order chi connectivity index (χ1) is 17.2. The van der Waals surface area contributed by atoms with Crippen molar-refractivity contribution in [3.63, 3.8) is 0 Å². The molecular formula is C27H32BrClN4O3. The Balaban J connectivity index is 1.30. The molecule has 2 aromatic heterocycles. The minimum absolute atomic E-state index is 0.0766. The maximum atomic E-state index is 12.7. The molecule has 3 aromatic rings. The van der Waals surface area contributed by atoms with Gasteiger partial charge in [0.05, 0.1) is 11.5 Å². The Bertz CT molecular complexity index is 1210. The zero-order valence-corrected chi connectivity index (χ0v) is 23.2. The lowest BCUT2D eigenvalue weighted by atomic mass is 10.1. The molecule has 0 aliphatic carbocycles. The number of allylic oxidation sites excluding steroid dienone is 1. The van der Waals surface area contributed by atoms with Crippen molar-refractivity contribution in [3.8, 4) is 0 Å². The van der Waals surface area contributed by atoms with E-state index in [9.17, 15) is 4.79 Å². The molecule has 36 heavy (non-hydrogen) atoms. The van der Waals surface area contributed by atoms with Gasteiger partial charge in [-0.1, -0.05) is 54.1 Å². The molecular weight excluding hydrogens is 544 g/mol. The fraction of sp³-hybridized carbons (Fsp3) is 0.444. The first kappa shape index (κ1) is 26.6. The van der Waals surface area contributed by atoms with Crippen LogP contribution >= 0.6 is 27.5 Å². The molecule has 4 rings (SSSR count). The van der Waals surface area contributed by atoms with E-state index in [1.165, 1.54) is 6.33 Å². The molecule has 1 aromatic carbocycles. The molecule has 1 amide bonds. The summed E-state index contributed by atoms with van der Waals surface area (Å²) in [5.74, 6) is 0. The third kappa shape index (κ3) is 6.87. The second-order valence-electron chi connectivity index (χ2n) is 9.93. The lowest BCUT2D eigenvalue weighted by Gasteiger charge is -2.26. The molecule has 0 bridgehead atoms. The van der Waals surface area contributed by atoms with Crippen LogP contribution in [0.3, 0.4) is 0 Å². The second kappa shape index (κ2) is 11.8. The van der Waals surface area contributed by atoms with Gasteiger partial charge in [0.25, 0.3) is 0 Å². The first-order valence-corrected chi connectivity index (χ1v) is 13.4. The van der Waals surface area contributed by atoms with Crippen molar-refractivity contribution >= 4 is 44.7 Å². The smallest absolute Gasteiger partial charge is 0.410 e. The molecule has 0 radical (unpaired) electrons. The molecule has 1 aliphatic rings. The van der Waals surface area contributed by atoms with Crippen LogP contribution in [0.15, 0.2) is 59.5 Å². The van der Waals surface area contributed by atoms with Gasteiger partial charge in [0.1, 0.15) is 29.0 Å². The van der Waals surface area contributed by atoms with Crippen molar-refractivity contribution in [2.45, 2.75) is 70.9 Å². The van der Waals surface area contributed by atoms with Gasteiger partial charge in [0.2, 0.25) is 0 Å². The van der Waals surface area contributed by atoms with Crippen LogP contribution in [0.5, 0.6) is 0 Å². The van der Waals surface area contributed by atoms with E-state index in [1.807, 2.05) is 67.9 Å². The van der Waals surface area contributed by atoms with Gasteiger partial charge >= 0.3 is 6.09 Å². The highest BCUT2D eigenvalue weighted by atomic mass is 79.9. The van der Waals surface area contributed by atoms with Gasteiger partial charge < -0.3 is 18.9 Å². The summed E-state index contributed by atoms with van der Waals surface area (Å²) in [7, 11) is 0. The molecule has 3 heterocycles. The Hall–Kier alpha value is -2.42. The lowest BCUT2D eigenvalue weighted by molar-refractivity contribution is 0.00139. The quantitative estimate of drug-likeness (QED) is 0.208. The number of hydrogen-bond acceptors (Lipinski definition) is 5. The van der Waals surface area contributed by atoms with Gasteiger partial charge in [-0.05, 0) is 67.9 Å². The summed E-state index contributed by atoms with van der Waals surface area (Å²) in [6, 6.07) is 9.95. The average Bonchev–Trinajstić information content (AvgIpc) is 3.42. The summed E-state index contributed by atoms with van der Waals surface area (Å²) >= 11 is 9.81. The van der Waals surface area contributed by atoms with Crippen molar-refractivity contribution in [1.29, 1.82) is 0 Å². The van der Waals surface area contributed by atoms with Gasteiger partial charge in [-0.3, -0.25) is 0 Å². The third-order valence-corrected chi connectivity index (χ3v) is 6.82.